The lowest BCUT2D eigenvalue weighted by atomic mass is 9.85. The smallest absolute Gasteiger partial charge is 0.249 e. The molecule has 1 amide bonds. The topological polar surface area (TPSA) is 92.9 Å². The summed E-state index contributed by atoms with van der Waals surface area (Å²) in [5.41, 5.74) is 0.840. The Bertz CT molecular complexity index is 725. The Morgan fingerprint density at radius 2 is 2.11 bits per heavy atom. The summed E-state index contributed by atoms with van der Waals surface area (Å²) in [6.07, 6.45) is 6.27. The predicted octanol–water partition coefficient (Wildman–Crippen LogP) is 2.97. The van der Waals surface area contributed by atoms with E-state index in [0.29, 0.717) is 30.0 Å². The van der Waals surface area contributed by atoms with Crippen LogP contribution in [0.2, 0.25) is 0 Å². The zero-order chi connectivity index (χ0) is 19.2. The van der Waals surface area contributed by atoms with Gasteiger partial charge in [0.1, 0.15) is 6.04 Å². The molecule has 1 saturated heterocycles. The van der Waals surface area contributed by atoms with Gasteiger partial charge in [-0.25, -0.2) is 0 Å². The van der Waals surface area contributed by atoms with Gasteiger partial charge in [-0.05, 0) is 55.8 Å². The number of piperidine rings is 1. The molecule has 0 spiro atoms. The minimum atomic E-state index is -0.294. The van der Waals surface area contributed by atoms with Crippen LogP contribution in [0.15, 0.2) is 29.0 Å². The maximum Gasteiger partial charge on any atom is 0.249 e. The van der Waals surface area contributed by atoms with E-state index in [4.69, 9.17) is 4.52 Å². The van der Waals surface area contributed by atoms with E-state index in [2.05, 4.69) is 32.7 Å². The van der Waals surface area contributed by atoms with Crippen LogP contribution in [0.3, 0.4) is 0 Å². The number of carbonyl (C=O) groups is 1. The highest BCUT2D eigenvalue weighted by atomic mass is 16.5. The zero-order valence-corrected chi connectivity index (χ0v) is 16.3. The second-order valence-corrected chi connectivity index (χ2v) is 7.77. The summed E-state index contributed by atoms with van der Waals surface area (Å²) in [7, 11) is 0. The number of nitrogens with zero attached hydrogens (tertiary/aromatic N) is 3. The van der Waals surface area contributed by atoms with Crippen LogP contribution < -0.4 is 10.6 Å². The minimum absolute atomic E-state index is 0.0374. The predicted molar refractivity (Wildman–Crippen MR) is 103 cm³/mol. The van der Waals surface area contributed by atoms with E-state index in [-0.39, 0.29) is 17.9 Å². The van der Waals surface area contributed by atoms with Crippen LogP contribution in [-0.2, 0) is 4.79 Å². The summed E-state index contributed by atoms with van der Waals surface area (Å²) in [6.45, 7) is 8.32. The van der Waals surface area contributed by atoms with Crippen molar-refractivity contribution >= 4 is 5.91 Å². The van der Waals surface area contributed by atoms with Crippen molar-refractivity contribution in [1.82, 2.24) is 25.8 Å². The number of amides is 1. The standard InChI is InChI=1S/C20H29N5O2/c1-13(2)18(20-24-19(25-27-20)15-6-9-21-10-7-15)23-17(26)11-14(3)16-5-4-8-22-12-16/h6-7,9-10,13-14,16,18,22H,4-5,8,11-12H2,1-3H3,(H,23,26). The quantitative estimate of drug-likeness (QED) is 0.777. The Balaban J connectivity index is 1.63. The van der Waals surface area contributed by atoms with Crippen molar-refractivity contribution in [2.75, 3.05) is 13.1 Å². The highest BCUT2D eigenvalue weighted by molar-refractivity contribution is 5.76. The molecule has 3 heterocycles. The molecule has 7 heteroatoms. The second kappa shape index (κ2) is 9.08. The summed E-state index contributed by atoms with van der Waals surface area (Å²) in [5.74, 6) is 2.04. The van der Waals surface area contributed by atoms with Gasteiger partial charge >= 0.3 is 0 Å². The number of hydrogen-bond acceptors (Lipinski definition) is 6. The van der Waals surface area contributed by atoms with Crippen LogP contribution in [0.4, 0.5) is 0 Å². The Morgan fingerprint density at radius 3 is 2.78 bits per heavy atom. The molecule has 3 rings (SSSR count). The molecule has 2 aromatic heterocycles. The number of hydrogen-bond donors (Lipinski definition) is 2. The number of pyridine rings is 1. The Kier molecular flexibility index (Phi) is 6.55. The lowest BCUT2D eigenvalue weighted by Crippen LogP contribution is -2.37. The highest BCUT2D eigenvalue weighted by Crippen LogP contribution is 2.25. The molecule has 0 aliphatic carbocycles. The van der Waals surface area contributed by atoms with Crippen LogP contribution >= 0.6 is 0 Å². The summed E-state index contributed by atoms with van der Waals surface area (Å²) in [4.78, 5) is 21.1. The van der Waals surface area contributed by atoms with E-state index in [1.54, 1.807) is 12.4 Å². The van der Waals surface area contributed by atoms with Crippen molar-refractivity contribution in [2.24, 2.45) is 17.8 Å². The van der Waals surface area contributed by atoms with E-state index in [1.165, 1.54) is 12.8 Å². The van der Waals surface area contributed by atoms with Gasteiger partial charge in [-0.2, -0.15) is 4.98 Å². The molecule has 0 saturated carbocycles. The number of nitrogens with one attached hydrogen (secondary N) is 2. The molecule has 2 N–H and O–H groups in total. The molecule has 146 valence electrons. The van der Waals surface area contributed by atoms with Gasteiger partial charge in [-0.3, -0.25) is 9.78 Å². The second-order valence-electron chi connectivity index (χ2n) is 7.77. The third-order valence-corrected chi connectivity index (χ3v) is 5.28. The first-order valence-electron chi connectivity index (χ1n) is 9.78. The van der Waals surface area contributed by atoms with Crippen molar-refractivity contribution in [3.05, 3.63) is 30.4 Å². The molecule has 0 aromatic carbocycles. The van der Waals surface area contributed by atoms with Crippen LogP contribution in [-0.4, -0.2) is 34.1 Å². The van der Waals surface area contributed by atoms with Gasteiger partial charge in [-0.15, -0.1) is 0 Å². The Hall–Kier alpha value is -2.28. The lowest BCUT2D eigenvalue weighted by molar-refractivity contribution is -0.123. The fraction of sp³-hybridized carbons (Fsp3) is 0.600. The van der Waals surface area contributed by atoms with Gasteiger partial charge in [0.2, 0.25) is 17.6 Å². The van der Waals surface area contributed by atoms with E-state index in [0.717, 1.165) is 18.7 Å². The van der Waals surface area contributed by atoms with Crippen LogP contribution in [0.25, 0.3) is 11.4 Å². The Morgan fingerprint density at radius 1 is 1.33 bits per heavy atom. The minimum Gasteiger partial charge on any atom is -0.344 e. The van der Waals surface area contributed by atoms with Crippen molar-refractivity contribution in [2.45, 2.75) is 46.1 Å². The van der Waals surface area contributed by atoms with E-state index >= 15 is 0 Å². The molecule has 3 atom stereocenters. The highest BCUT2D eigenvalue weighted by Gasteiger charge is 2.27. The van der Waals surface area contributed by atoms with E-state index in [9.17, 15) is 4.79 Å². The average Bonchev–Trinajstić information content (AvgIpc) is 3.17. The van der Waals surface area contributed by atoms with Crippen molar-refractivity contribution in [1.29, 1.82) is 0 Å². The SMILES string of the molecule is CC(C)C(NC(=O)CC(C)C1CCCNC1)c1nc(-c2ccncc2)no1. The van der Waals surface area contributed by atoms with E-state index in [1.807, 2.05) is 26.0 Å². The van der Waals surface area contributed by atoms with Crippen molar-refractivity contribution in [3.8, 4) is 11.4 Å². The average molecular weight is 371 g/mol. The molecule has 1 fully saturated rings. The van der Waals surface area contributed by atoms with Gasteiger partial charge < -0.3 is 15.2 Å². The maximum atomic E-state index is 12.6. The van der Waals surface area contributed by atoms with Crippen LogP contribution in [0.1, 0.15) is 52.0 Å². The van der Waals surface area contributed by atoms with Gasteiger partial charge in [0.15, 0.2) is 0 Å². The molecule has 0 bridgehead atoms. The van der Waals surface area contributed by atoms with Gasteiger partial charge in [0.25, 0.3) is 0 Å². The Labute approximate surface area is 160 Å². The van der Waals surface area contributed by atoms with Crippen LogP contribution in [0.5, 0.6) is 0 Å². The first kappa shape index (κ1) is 19.5. The van der Waals surface area contributed by atoms with E-state index < -0.39 is 0 Å². The fourth-order valence-corrected chi connectivity index (χ4v) is 3.55. The lowest BCUT2D eigenvalue weighted by Gasteiger charge is -2.28. The largest absolute Gasteiger partial charge is 0.344 e. The number of aromatic nitrogens is 3. The first-order valence-corrected chi connectivity index (χ1v) is 9.78. The maximum absolute atomic E-state index is 12.6. The third kappa shape index (κ3) is 5.13. The van der Waals surface area contributed by atoms with Gasteiger partial charge in [-0.1, -0.05) is 25.9 Å². The molecule has 1 aliphatic rings. The summed E-state index contributed by atoms with van der Waals surface area (Å²) in [6, 6.07) is 3.37. The molecule has 27 heavy (non-hydrogen) atoms. The molecule has 0 radical (unpaired) electrons. The van der Waals surface area contributed by atoms with Gasteiger partial charge in [0.05, 0.1) is 0 Å². The molecule has 7 nitrogen and oxygen atoms in total. The first-order chi connectivity index (χ1) is 13.0. The summed E-state index contributed by atoms with van der Waals surface area (Å²) >= 11 is 0. The normalized spacial score (nSPS) is 19.6. The molecular weight excluding hydrogens is 342 g/mol. The molecule has 2 aromatic rings. The van der Waals surface area contributed by atoms with Crippen LogP contribution in [0, 0.1) is 17.8 Å². The number of carbonyl (C=O) groups excluding carboxylic acids is 1. The van der Waals surface area contributed by atoms with Gasteiger partial charge in [0, 0.05) is 24.4 Å². The summed E-state index contributed by atoms with van der Waals surface area (Å²) in [5, 5.41) is 10.6. The van der Waals surface area contributed by atoms with Crippen molar-refractivity contribution in [3.63, 3.8) is 0 Å². The zero-order valence-electron chi connectivity index (χ0n) is 16.3. The number of rotatable bonds is 7. The summed E-state index contributed by atoms with van der Waals surface area (Å²) < 4.78 is 5.46. The third-order valence-electron chi connectivity index (χ3n) is 5.28. The fourth-order valence-electron chi connectivity index (χ4n) is 3.55. The van der Waals surface area contributed by atoms with Crippen molar-refractivity contribution < 1.29 is 9.32 Å². The molecule has 1 aliphatic heterocycles. The molecule has 3 unspecified atom stereocenters. The molecular formula is C20H29N5O2. The monoisotopic (exact) mass is 371 g/mol.